The molecule has 3 aromatic carbocycles. The molecule has 0 bridgehead atoms. The third-order valence-corrected chi connectivity index (χ3v) is 5.89. The Hall–Kier alpha value is -3.44. The van der Waals surface area contributed by atoms with Gasteiger partial charge in [0.2, 0.25) is 11.7 Å². The first-order valence-corrected chi connectivity index (χ1v) is 11.4. The topological polar surface area (TPSA) is 59.3 Å². The maximum atomic E-state index is 13.1. The molecule has 1 amide bonds. The first-order chi connectivity index (χ1) is 15.7. The van der Waals surface area contributed by atoms with Crippen LogP contribution in [0.5, 0.6) is 0 Å². The quantitative estimate of drug-likeness (QED) is 0.229. The van der Waals surface area contributed by atoms with Crippen LogP contribution in [0.2, 0.25) is 0 Å². The monoisotopic (exact) mass is 501 g/mol. The summed E-state index contributed by atoms with van der Waals surface area (Å²) in [5.74, 6) is -0.531. The van der Waals surface area contributed by atoms with E-state index in [4.69, 9.17) is 4.42 Å². The molecule has 0 fully saturated rings. The average molecular weight is 502 g/mol. The number of hydrogen-bond acceptors (Lipinski definition) is 3. The molecule has 4 aromatic rings. The van der Waals surface area contributed by atoms with Gasteiger partial charge in [-0.15, -0.1) is 0 Å². The summed E-state index contributed by atoms with van der Waals surface area (Å²) in [7, 11) is 0. The lowest BCUT2D eigenvalue weighted by atomic mass is 9.87. The molecule has 0 atom stereocenters. The van der Waals surface area contributed by atoms with Gasteiger partial charge in [0, 0.05) is 21.5 Å². The number of benzene rings is 3. The Bertz CT molecular complexity index is 1340. The molecule has 1 heterocycles. The van der Waals surface area contributed by atoms with Gasteiger partial charge in [-0.05, 0) is 59.0 Å². The standard InChI is InChI=1S/C28H24BrNO3/c1-28(2,3)20-13-8-18(9-14-20)10-17-24(31)30-25-22-6-4-5-7-23(22)33-27(25)26(32)19-11-15-21(29)16-12-19/h4-17H,1-3H3,(H,30,31). The molecular formula is C28H24BrNO3. The number of amides is 1. The van der Waals surface area contributed by atoms with Crippen molar-refractivity contribution in [3.63, 3.8) is 0 Å². The number of anilines is 1. The lowest BCUT2D eigenvalue weighted by molar-refractivity contribution is -0.111. The van der Waals surface area contributed by atoms with Crippen molar-refractivity contribution in [3.8, 4) is 0 Å². The largest absolute Gasteiger partial charge is 0.450 e. The Labute approximate surface area is 201 Å². The highest BCUT2D eigenvalue weighted by molar-refractivity contribution is 9.10. The second kappa shape index (κ2) is 9.20. The minimum absolute atomic E-state index is 0.0692. The zero-order valence-corrected chi connectivity index (χ0v) is 20.3. The number of carbonyl (C=O) groups excluding carboxylic acids is 2. The van der Waals surface area contributed by atoms with Gasteiger partial charge in [-0.2, -0.15) is 0 Å². The van der Waals surface area contributed by atoms with Gasteiger partial charge in [0.05, 0.1) is 5.69 Å². The van der Waals surface area contributed by atoms with Crippen molar-refractivity contribution in [1.29, 1.82) is 0 Å². The van der Waals surface area contributed by atoms with Crippen molar-refractivity contribution in [3.05, 3.63) is 106 Å². The molecule has 0 saturated heterocycles. The summed E-state index contributed by atoms with van der Waals surface area (Å²) < 4.78 is 6.73. The molecule has 33 heavy (non-hydrogen) atoms. The van der Waals surface area contributed by atoms with Crippen LogP contribution in [0.3, 0.4) is 0 Å². The number of carbonyl (C=O) groups is 2. The number of hydrogen-bond donors (Lipinski definition) is 1. The van der Waals surface area contributed by atoms with E-state index in [-0.39, 0.29) is 22.9 Å². The molecule has 0 unspecified atom stereocenters. The summed E-state index contributed by atoms with van der Waals surface area (Å²) in [5, 5.41) is 3.53. The smallest absolute Gasteiger partial charge is 0.248 e. The van der Waals surface area contributed by atoms with E-state index in [0.29, 0.717) is 22.2 Å². The molecule has 0 aliphatic heterocycles. The van der Waals surface area contributed by atoms with Crippen molar-refractivity contribution >= 4 is 50.4 Å². The Balaban J connectivity index is 1.60. The minimum atomic E-state index is -0.341. The van der Waals surface area contributed by atoms with Crippen molar-refractivity contribution in [1.82, 2.24) is 0 Å². The minimum Gasteiger partial charge on any atom is -0.450 e. The third-order valence-electron chi connectivity index (χ3n) is 5.36. The fourth-order valence-corrected chi connectivity index (χ4v) is 3.76. The predicted molar refractivity (Wildman–Crippen MR) is 137 cm³/mol. The highest BCUT2D eigenvalue weighted by Gasteiger charge is 2.23. The second-order valence-electron chi connectivity index (χ2n) is 8.83. The number of rotatable bonds is 5. The first-order valence-electron chi connectivity index (χ1n) is 10.6. The number of fused-ring (bicyclic) bond motifs is 1. The van der Waals surface area contributed by atoms with E-state index >= 15 is 0 Å². The lowest BCUT2D eigenvalue weighted by Crippen LogP contribution is -2.11. The Morgan fingerprint density at radius 2 is 1.58 bits per heavy atom. The van der Waals surface area contributed by atoms with E-state index in [1.165, 1.54) is 11.6 Å². The van der Waals surface area contributed by atoms with Crippen LogP contribution in [-0.2, 0) is 10.2 Å². The van der Waals surface area contributed by atoms with Crippen LogP contribution in [0, 0.1) is 0 Å². The summed E-state index contributed by atoms with van der Waals surface area (Å²) in [6.07, 6.45) is 3.21. The van der Waals surface area contributed by atoms with Crippen LogP contribution in [0.25, 0.3) is 17.0 Å². The van der Waals surface area contributed by atoms with Crippen LogP contribution >= 0.6 is 15.9 Å². The van der Waals surface area contributed by atoms with Crippen LogP contribution in [-0.4, -0.2) is 11.7 Å². The average Bonchev–Trinajstić information content (AvgIpc) is 3.16. The fourth-order valence-electron chi connectivity index (χ4n) is 3.49. The maximum absolute atomic E-state index is 13.1. The van der Waals surface area contributed by atoms with Crippen LogP contribution in [0.4, 0.5) is 5.69 Å². The molecule has 4 rings (SSSR count). The molecule has 0 aliphatic rings. The molecule has 0 aliphatic carbocycles. The normalized spacial score (nSPS) is 11.8. The third kappa shape index (κ3) is 5.15. The molecule has 0 saturated carbocycles. The Kier molecular flexibility index (Phi) is 6.34. The van der Waals surface area contributed by atoms with Crippen molar-refractivity contribution in [2.24, 2.45) is 0 Å². The van der Waals surface area contributed by atoms with Gasteiger partial charge in [0.25, 0.3) is 0 Å². The van der Waals surface area contributed by atoms with Crippen molar-refractivity contribution in [2.45, 2.75) is 26.2 Å². The van der Waals surface area contributed by atoms with E-state index in [1.54, 1.807) is 36.4 Å². The molecule has 166 valence electrons. The second-order valence-corrected chi connectivity index (χ2v) is 9.75. The number of halogens is 1. The van der Waals surface area contributed by atoms with E-state index in [2.05, 4.69) is 54.2 Å². The molecule has 1 N–H and O–H groups in total. The molecule has 0 radical (unpaired) electrons. The Morgan fingerprint density at radius 1 is 0.909 bits per heavy atom. The van der Waals surface area contributed by atoms with E-state index in [9.17, 15) is 9.59 Å². The summed E-state index contributed by atoms with van der Waals surface area (Å²) in [6.45, 7) is 6.48. The molecule has 4 nitrogen and oxygen atoms in total. The van der Waals surface area contributed by atoms with E-state index in [0.717, 1.165) is 10.0 Å². The zero-order chi connectivity index (χ0) is 23.6. The number of nitrogens with one attached hydrogen (secondary N) is 1. The van der Waals surface area contributed by atoms with Crippen LogP contribution in [0.15, 0.2) is 87.8 Å². The molecular weight excluding hydrogens is 478 g/mol. The van der Waals surface area contributed by atoms with Gasteiger partial charge < -0.3 is 9.73 Å². The van der Waals surface area contributed by atoms with Crippen LogP contribution in [0.1, 0.15) is 48.0 Å². The first kappa shape index (κ1) is 22.7. The van der Waals surface area contributed by atoms with Gasteiger partial charge in [-0.3, -0.25) is 9.59 Å². The van der Waals surface area contributed by atoms with Gasteiger partial charge in [-0.25, -0.2) is 0 Å². The highest BCUT2D eigenvalue weighted by atomic mass is 79.9. The van der Waals surface area contributed by atoms with E-state index in [1.807, 2.05) is 30.3 Å². The fraction of sp³-hybridized carbons (Fsp3) is 0.143. The van der Waals surface area contributed by atoms with Gasteiger partial charge in [0.15, 0.2) is 5.76 Å². The van der Waals surface area contributed by atoms with Crippen LogP contribution < -0.4 is 5.32 Å². The van der Waals surface area contributed by atoms with Crippen molar-refractivity contribution in [2.75, 3.05) is 5.32 Å². The zero-order valence-electron chi connectivity index (χ0n) is 18.7. The van der Waals surface area contributed by atoms with Gasteiger partial charge in [0.1, 0.15) is 5.58 Å². The van der Waals surface area contributed by atoms with E-state index < -0.39 is 0 Å². The predicted octanol–water partition coefficient (Wildman–Crippen LogP) is 7.38. The SMILES string of the molecule is CC(C)(C)c1ccc(C=CC(=O)Nc2c(C(=O)c3ccc(Br)cc3)oc3ccccc23)cc1. The summed E-state index contributed by atoms with van der Waals surface area (Å²) in [4.78, 5) is 25.9. The van der Waals surface area contributed by atoms with Crippen molar-refractivity contribution < 1.29 is 14.0 Å². The molecule has 1 aromatic heterocycles. The number of para-hydroxylation sites is 1. The summed E-state index contributed by atoms with van der Waals surface area (Å²) in [6, 6.07) is 22.4. The molecule has 0 spiro atoms. The summed E-state index contributed by atoms with van der Waals surface area (Å²) >= 11 is 3.38. The highest BCUT2D eigenvalue weighted by Crippen LogP contribution is 2.33. The number of furan rings is 1. The van der Waals surface area contributed by atoms with Gasteiger partial charge >= 0.3 is 0 Å². The molecule has 5 heteroatoms. The van der Waals surface area contributed by atoms with Gasteiger partial charge in [-0.1, -0.05) is 73.1 Å². The maximum Gasteiger partial charge on any atom is 0.248 e. The lowest BCUT2D eigenvalue weighted by Gasteiger charge is -2.18. The Morgan fingerprint density at radius 3 is 2.24 bits per heavy atom. The number of ketones is 1. The summed E-state index contributed by atoms with van der Waals surface area (Å²) in [5.41, 5.74) is 3.60.